The normalized spacial score (nSPS) is 19.8. The molecule has 0 saturated heterocycles. The van der Waals surface area contributed by atoms with Crippen LogP contribution in [0.5, 0.6) is 0 Å². The molecule has 0 radical (unpaired) electrons. The highest BCUT2D eigenvalue weighted by molar-refractivity contribution is 5.81. The van der Waals surface area contributed by atoms with E-state index in [2.05, 4.69) is 10.6 Å². The SMILES string of the molecule is CC(NCC(F)F)C(=O)NC1CCCCC1. The van der Waals surface area contributed by atoms with Crippen LogP contribution in [0.25, 0.3) is 0 Å². The number of rotatable bonds is 5. The quantitative estimate of drug-likeness (QED) is 0.760. The fraction of sp³-hybridized carbons (Fsp3) is 0.909. The average molecular weight is 234 g/mol. The molecule has 16 heavy (non-hydrogen) atoms. The summed E-state index contributed by atoms with van der Waals surface area (Å²) in [6.45, 7) is 1.18. The van der Waals surface area contributed by atoms with Gasteiger partial charge in [-0.05, 0) is 19.8 Å². The number of halogens is 2. The Morgan fingerprint density at radius 3 is 2.50 bits per heavy atom. The predicted molar refractivity (Wildman–Crippen MR) is 58.5 cm³/mol. The minimum absolute atomic E-state index is 0.174. The molecule has 0 aliphatic heterocycles. The van der Waals surface area contributed by atoms with Crippen molar-refractivity contribution in [3.63, 3.8) is 0 Å². The van der Waals surface area contributed by atoms with E-state index in [1.807, 2.05) is 0 Å². The third-order valence-electron chi connectivity index (χ3n) is 2.92. The molecule has 2 N–H and O–H groups in total. The third kappa shape index (κ3) is 4.88. The zero-order valence-electron chi connectivity index (χ0n) is 9.64. The van der Waals surface area contributed by atoms with Gasteiger partial charge in [0.2, 0.25) is 5.91 Å². The maximum absolute atomic E-state index is 11.9. The van der Waals surface area contributed by atoms with E-state index in [0.29, 0.717) is 0 Å². The van der Waals surface area contributed by atoms with E-state index in [9.17, 15) is 13.6 Å². The first-order valence-corrected chi connectivity index (χ1v) is 5.91. The van der Waals surface area contributed by atoms with Crippen molar-refractivity contribution in [3.05, 3.63) is 0 Å². The van der Waals surface area contributed by atoms with E-state index >= 15 is 0 Å². The Bertz CT molecular complexity index is 218. The van der Waals surface area contributed by atoms with Crippen LogP contribution in [0.2, 0.25) is 0 Å². The molecule has 0 spiro atoms. The summed E-state index contributed by atoms with van der Waals surface area (Å²) in [5.74, 6) is -0.174. The largest absolute Gasteiger partial charge is 0.352 e. The van der Waals surface area contributed by atoms with Gasteiger partial charge in [-0.3, -0.25) is 4.79 Å². The zero-order valence-corrected chi connectivity index (χ0v) is 9.64. The van der Waals surface area contributed by atoms with Crippen LogP contribution in [-0.2, 0) is 4.79 Å². The van der Waals surface area contributed by atoms with Crippen LogP contribution in [-0.4, -0.2) is 31.0 Å². The van der Waals surface area contributed by atoms with Crippen LogP contribution in [0.4, 0.5) is 8.78 Å². The summed E-state index contributed by atoms with van der Waals surface area (Å²) in [4.78, 5) is 11.6. The molecule has 1 fully saturated rings. The first-order chi connectivity index (χ1) is 7.59. The molecule has 1 unspecified atom stereocenters. The molecule has 0 aromatic rings. The van der Waals surface area contributed by atoms with Crippen molar-refractivity contribution >= 4 is 5.91 Å². The highest BCUT2D eigenvalue weighted by atomic mass is 19.3. The number of amides is 1. The molecular formula is C11H20F2N2O. The first kappa shape index (κ1) is 13.4. The van der Waals surface area contributed by atoms with Crippen molar-refractivity contribution in [1.29, 1.82) is 0 Å². The van der Waals surface area contributed by atoms with Crippen LogP contribution in [0.3, 0.4) is 0 Å². The van der Waals surface area contributed by atoms with Crippen molar-refractivity contribution in [2.45, 2.75) is 57.5 Å². The molecule has 5 heteroatoms. The Balaban J connectivity index is 2.22. The Labute approximate surface area is 95.0 Å². The van der Waals surface area contributed by atoms with Crippen LogP contribution in [0, 0.1) is 0 Å². The zero-order chi connectivity index (χ0) is 12.0. The maximum atomic E-state index is 11.9. The van der Waals surface area contributed by atoms with Crippen molar-refractivity contribution in [2.75, 3.05) is 6.54 Å². The standard InChI is InChI=1S/C11H20F2N2O/c1-8(14-7-10(12)13)11(16)15-9-5-3-2-4-6-9/h8-10,14H,2-7H2,1H3,(H,15,16). The summed E-state index contributed by atoms with van der Waals surface area (Å²) in [5.41, 5.74) is 0. The number of carbonyl (C=O) groups excluding carboxylic acids is 1. The molecule has 1 aliphatic rings. The van der Waals surface area contributed by atoms with Crippen LogP contribution >= 0.6 is 0 Å². The smallest absolute Gasteiger partial charge is 0.250 e. The lowest BCUT2D eigenvalue weighted by Crippen LogP contribution is -2.47. The minimum atomic E-state index is -2.41. The van der Waals surface area contributed by atoms with Gasteiger partial charge >= 0.3 is 0 Å². The number of nitrogens with one attached hydrogen (secondary N) is 2. The van der Waals surface area contributed by atoms with Gasteiger partial charge in [0.15, 0.2) is 0 Å². The first-order valence-electron chi connectivity index (χ1n) is 5.91. The summed E-state index contributed by atoms with van der Waals surface area (Å²) >= 11 is 0. The van der Waals surface area contributed by atoms with Crippen molar-refractivity contribution in [1.82, 2.24) is 10.6 Å². The Morgan fingerprint density at radius 1 is 1.31 bits per heavy atom. The van der Waals surface area contributed by atoms with Crippen LogP contribution in [0.1, 0.15) is 39.0 Å². The van der Waals surface area contributed by atoms with E-state index in [1.54, 1.807) is 6.92 Å². The monoisotopic (exact) mass is 234 g/mol. The third-order valence-corrected chi connectivity index (χ3v) is 2.92. The summed E-state index contributed by atoms with van der Waals surface area (Å²) in [6, 6.07) is -0.312. The molecule has 1 saturated carbocycles. The molecule has 0 aromatic heterocycles. The molecule has 0 aromatic carbocycles. The van der Waals surface area contributed by atoms with Gasteiger partial charge in [0.05, 0.1) is 12.6 Å². The highest BCUT2D eigenvalue weighted by Crippen LogP contribution is 2.17. The van der Waals surface area contributed by atoms with Gasteiger partial charge in [-0.15, -0.1) is 0 Å². The molecule has 1 rings (SSSR count). The average Bonchev–Trinajstić information content (AvgIpc) is 2.27. The van der Waals surface area contributed by atoms with Crippen molar-refractivity contribution < 1.29 is 13.6 Å². The Kier molecular flexibility index (Phi) is 5.66. The lowest BCUT2D eigenvalue weighted by atomic mass is 9.95. The fourth-order valence-corrected chi connectivity index (χ4v) is 1.93. The van der Waals surface area contributed by atoms with Gasteiger partial charge in [-0.1, -0.05) is 19.3 Å². The van der Waals surface area contributed by atoms with E-state index in [4.69, 9.17) is 0 Å². The second-order valence-electron chi connectivity index (χ2n) is 4.36. The van der Waals surface area contributed by atoms with Gasteiger partial charge < -0.3 is 10.6 Å². The van der Waals surface area contributed by atoms with E-state index in [0.717, 1.165) is 25.7 Å². The number of carbonyl (C=O) groups is 1. The van der Waals surface area contributed by atoms with Crippen molar-refractivity contribution in [3.8, 4) is 0 Å². The number of hydrogen-bond acceptors (Lipinski definition) is 2. The number of hydrogen-bond donors (Lipinski definition) is 2. The van der Waals surface area contributed by atoms with Gasteiger partial charge in [-0.25, -0.2) is 8.78 Å². The summed E-state index contributed by atoms with van der Waals surface area (Å²) in [5, 5.41) is 5.41. The molecule has 94 valence electrons. The summed E-state index contributed by atoms with van der Waals surface area (Å²) < 4.78 is 23.8. The molecular weight excluding hydrogens is 214 g/mol. The Hall–Kier alpha value is -0.710. The molecule has 1 amide bonds. The molecule has 0 heterocycles. The molecule has 1 atom stereocenters. The van der Waals surface area contributed by atoms with Gasteiger partial charge in [0.1, 0.15) is 0 Å². The molecule has 3 nitrogen and oxygen atoms in total. The highest BCUT2D eigenvalue weighted by Gasteiger charge is 2.19. The summed E-state index contributed by atoms with van der Waals surface area (Å²) in [6.07, 6.45) is 3.12. The van der Waals surface area contributed by atoms with Crippen LogP contribution in [0.15, 0.2) is 0 Å². The molecule has 1 aliphatic carbocycles. The minimum Gasteiger partial charge on any atom is -0.352 e. The second-order valence-corrected chi connectivity index (χ2v) is 4.36. The van der Waals surface area contributed by atoms with Gasteiger partial charge in [0.25, 0.3) is 6.43 Å². The Morgan fingerprint density at radius 2 is 1.94 bits per heavy atom. The molecule has 0 bridgehead atoms. The van der Waals surface area contributed by atoms with Crippen molar-refractivity contribution in [2.24, 2.45) is 0 Å². The second kappa shape index (κ2) is 6.78. The predicted octanol–water partition coefficient (Wildman–Crippen LogP) is 1.68. The van der Waals surface area contributed by atoms with Crippen LogP contribution < -0.4 is 10.6 Å². The topological polar surface area (TPSA) is 41.1 Å². The maximum Gasteiger partial charge on any atom is 0.250 e. The lowest BCUT2D eigenvalue weighted by molar-refractivity contribution is -0.123. The lowest BCUT2D eigenvalue weighted by Gasteiger charge is -2.24. The fourth-order valence-electron chi connectivity index (χ4n) is 1.93. The van der Waals surface area contributed by atoms with Gasteiger partial charge in [-0.2, -0.15) is 0 Å². The van der Waals surface area contributed by atoms with E-state index in [1.165, 1.54) is 6.42 Å². The van der Waals surface area contributed by atoms with Gasteiger partial charge in [0, 0.05) is 6.04 Å². The summed E-state index contributed by atoms with van der Waals surface area (Å²) in [7, 11) is 0. The van der Waals surface area contributed by atoms with E-state index in [-0.39, 0.29) is 11.9 Å². The number of alkyl halides is 2. The van der Waals surface area contributed by atoms with E-state index < -0.39 is 19.0 Å².